The van der Waals surface area contributed by atoms with Crippen molar-refractivity contribution in [1.29, 1.82) is 5.41 Å². The van der Waals surface area contributed by atoms with Crippen molar-refractivity contribution in [3.63, 3.8) is 0 Å². The lowest BCUT2D eigenvalue weighted by molar-refractivity contribution is -0.109. The number of benzene rings is 1. The van der Waals surface area contributed by atoms with E-state index in [4.69, 9.17) is 10.8 Å². The van der Waals surface area contributed by atoms with Gasteiger partial charge in [0.2, 0.25) is 5.04 Å². The molecule has 1 saturated heterocycles. The third kappa shape index (κ3) is 5.12. The number of nitrogens with one attached hydrogen (secondary N) is 3. The Morgan fingerprint density at radius 3 is 2.84 bits per heavy atom. The summed E-state index contributed by atoms with van der Waals surface area (Å²) in [6, 6.07) is 10.5. The highest BCUT2D eigenvalue weighted by atomic mass is 32.2. The van der Waals surface area contributed by atoms with Gasteiger partial charge in [0.15, 0.2) is 5.82 Å². The zero-order chi connectivity index (χ0) is 21.8. The molecule has 0 amide bonds. The molecule has 0 saturated carbocycles. The first-order valence-corrected chi connectivity index (χ1v) is 11.3. The van der Waals surface area contributed by atoms with Crippen LogP contribution in [0, 0.1) is 5.41 Å². The Labute approximate surface area is 186 Å². The number of piperidine rings is 1. The maximum Gasteiger partial charge on any atom is 0.210 e. The Balaban J connectivity index is 1.56. The third-order valence-corrected chi connectivity index (χ3v) is 6.34. The van der Waals surface area contributed by atoms with Crippen molar-refractivity contribution in [2.75, 3.05) is 25.5 Å². The minimum Gasteiger partial charge on any atom is -0.338 e. The molecule has 31 heavy (non-hydrogen) atoms. The Bertz CT molecular complexity index is 1080. The van der Waals surface area contributed by atoms with Crippen LogP contribution in [0.25, 0.3) is 5.52 Å². The van der Waals surface area contributed by atoms with E-state index >= 15 is 0 Å². The predicted octanol–water partition coefficient (Wildman–Crippen LogP) is 1.89. The van der Waals surface area contributed by atoms with Crippen LogP contribution in [0.2, 0.25) is 0 Å². The van der Waals surface area contributed by atoms with Gasteiger partial charge in [-0.05, 0) is 68.5 Å². The molecule has 1 aliphatic heterocycles. The molecular formula is C22H29N8S+. The largest absolute Gasteiger partial charge is 0.338 e. The van der Waals surface area contributed by atoms with Crippen molar-refractivity contribution in [1.82, 2.24) is 24.8 Å². The monoisotopic (exact) mass is 437 g/mol. The van der Waals surface area contributed by atoms with Gasteiger partial charge >= 0.3 is 0 Å². The first-order chi connectivity index (χ1) is 15.0. The summed E-state index contributed by atoms with van der Waals surface area (Å²) in [5, 5.41) is 26.3. The lowest BCUT2D eigenvalue weighted by Crippen LogP contribution is -2.40. The molecule has 5 N–H and O–H groups in total. The number of nitrogens with zero attached hydrogens (tertiary/aromatic N) is 4. The van der Waals surface area contributed by atoms with Gasteiger partial charge in [-0.2, -0.15) is 5.10 Å². The Morgan fingerprint density at radius 1 is 1.29 bits per heavy atom. The average Bonchev–Trinajstić information content (AvgIpc) is 3.18. The summed E-state index contributed by atoms with van der Waals surface area (Å²) in [5.41, 5.74) is 3.88. The van der Waals surface area contributed by atoms with Crippen molar-refractivity contribution in [3.05, 3.63) is 54.0 Å². The van der Waals surface area contributed by atoms with Gasteiger partial charge in [-0.1, -0.05) is 12.1 Å². The molecule has 1 fully saturated rings. The zero-order valence-electron chi connectivity index (χ0n) is 17.9. The number of anilines is 2. The van der Waals surface area contributed by atoms with E-state index in [1.807, 2.05) is 42.0 Å². The topological polar surface area (TPSA) is 107 Å². The van der Waals surface area contributed by atoms with Crippen molar-refractivity contribution in [2.24, 2.45) is 0 Å². The SMILES string of the molecule is CNC1CCN(Cc2ccn3ncnc(Nc4cccc(C(=N)SC(C)=[NH2+])c4)c23)CC1. The highest BCUT2D eigenvalue weighted by Crippen LogP contribution is 2.26. The van der Waals surface area contributed by atoms with Gasteiger partial charge in [0.25, 0.3) is 0 Å². The standard InChI is InChI=1S/C22H28N8S/c1-15(23)31-21(24)16-4-3-5-19(12-16)28-22-20-17(6-11-30(20)27-14-26-22)13-29-9-7-18(25-2)8-10-29/h3-6,11-12,14,18,23-25H,7-10,13H2,1-2H3,(H,26,27,28)/p+1. The summed E-state index contributed by atoms with van der Waals surface area (Å²) in [6.07, 6.45) is 5.88. The van der Waals surface area contributed by atoms with E-state index in [9.17, 15) is 0 Å². The van der Waals surface area contributed by atoms with E-state index in [0.717, 1.165) is 42.2 Å². The fourth-order valence-corrected chi connectivity index (χ4v) is 4.52. The minimum atomic E-state index is 0.421. The molecule has 3 aromatic rings. The first-order valence-electron chi connectivity index (χ1n) is 10.5. The molecule has 3 heterocycles. The Morgan fingerprint density at radius 2 is 2.10 bits per heavy atom. The molecule has 0 unspecified atom stereocenters. The number of likely N-dealkylation sites (tertiary alicyclic amines) is 1. The fraction of sp³-hybridized carbons (Fsp3) is 0.364. The van der Waals surface area contributed by atoms with E-state index < -0.39 is 0 Å². The van der Waals surface area contributed by atoms with Crippen molar-refractivity contribution >= 4 is 38.9 Å². The van der Waals surface area contributed by atoms with Crippen LogP contribution < -0.4 is 16.0 Å². The zero-order valence-corrected chi connectivity index (χ0v) is 18.7. The molecule has 0 radical (unpaired) electrons. The molecule has 2 aromatic heterocycles. The third-order valence-electron chi connectivity index (χ3n) is 5.58. The van der Waals surface area contributed by atoms with Crippen molar-refractivity contribution in [3.8, 4) is 0 Å². The summed E-state index contributed by atoms with van der Waals surface area (Å²) in [6.45, 7) is 4.84. The quantitative estimate of drug-likeness (QED) is 0.347. The van der Waals surface area contributed by atoms with Crippen molar-refractivity contribution in [2.45, 2.75) is 32.4 Å². The van der Waals surface area contributed by atoms with Crippen LogP contribution in [0.3, 0.4) is 0 Å². The number of hydrogen-bond donors (Lipinski definition) is 4. The molecule has 0 spiro atoms. The van der Waals surface area contributed by atoms with Crippen molar-refractivity contribution < 1.29 is 5.41 Å². The number of nitrogens with two attached hydrogens (primary N) is 1. The number of hydrogen-bond acceptors (Lipinski definition) is 7. The maximum absolute atomic E-state index is 8.24. The second kappa shape index (κ2) is 9.59. The Kier molecular flexibility index (Phi) is 6.64. The Hall–Kier alpha value is -2.75. The second-order valence-electron chi connectivity index (χ2n) is 7.83. The normalized spacial score (nSPS) is 15.3. The molecule has 4 rings (SSSR count). The van der Waals surface area contributed by atoms with Crippen LogP contribution in [-0.2, 0) is 6.54 Å². The summed E-state index contributed by atoms with van der Waals surface area (Å²) < 4.78 is 1.87. The van der Waals surface area contributed by atoms with Crippen LogP contribution in [0.4, 0.5) is 11.5 Å². The molecule has 162 valence electrons. The highest BCUT2D eigenvalue weighted by molar-refractivity contribution is 8.26. The molecule has 1 aromatic carbocycles. The van der Waals surface area contributed by atoms with Crippen LogP contribution >= 0.6 is 11.8 Å². The number of aromatic nitrogens is 3. The summed E-state index contributed by atoms with van der Waals surface area (Å²) >= 11 is 1.26. The van der Waals surface area contributed by atoms with Gasteiger partial charge in [-0.15, -0.1) is 0 Å². The highest BCUT2D eigenvalue weighted by Gasteiger charge is 2.20. The van der Waals surface area contributed by atoms with Gasteiger partial charge in [0.1, 0.15) is 16.9 Å². The summed E-state index contributed by atoms with van der Waals surface area (Å²) in [4.78, 5) is 7.01. The van der Waals surface area contributed by atoms with E-state index in [2.05, 4.69) is 31.7 Å². The number of fused-ring (bicyclic) bond motifs is 1. The molecule has 8 nitrogen and oxygen atoms in total. The van der Waals surface area contributed by atoms with Gasteiger partial charge in [0.05, 0.1) is 0 Å². The lowest BCUT2D eigenvalue weighted by atomic mass is 10.0. The molecule has 0 aliphatic carbocycles. The van der Waals surface area contributed by atoms with Crippen LogP contribution in [0.5, 0.6) is 0 Å². The maximum atomic E-state index is 8.24. The molecule has 1 aliphatic rings. The fourth-order valence-electron chi connectivity index (χ4n) is 3.95. The van der Waals surface area contributed by atoms with Crippen LogP contribution in [0.1, 0.15) is 30.9 Å². The van der Waals surface area contributed by atoms with E-state index in [1.165, 1.54) is 30.2 Å². The van der Waals surface area contributed by atoms with E-state index in [-0.39, 0.29) is 0 Å². The van der Waals surface area contributed by atoms with E-state index in [1.54, 1.807) is 13.3 Å². The molecule has 0 bridgehead atoms. The minimum absolute atomic E-state index is 0.421. The average molecular weight is 438 g/mol. The van der Waals surface area contributed by atoms with E-state index in [0.29, 0.717) is 16.1 Å². The lowest BCUT2D eigenvalue weighted by Gasteiger charge is -2.31. The summed E-state index contributed by atoms with van der Waals surface area (Å²) in [5.74, 6) is 0.762. The van der Waals surface area contributed by atoms with Gasteiger partial charge in [0, 0.05) is 37.0 Å². The van der Waals surface area contributed by atoms with Crippen LogP contribution in [-0.4, -0.2) is 55.8 Å². The van der Waals surface area contributed by atoms with Gasteiger partial charge in [-0.3, -0.25) is 15.7 Å². The van der Waals surface area contributed by atoms with Gasteiger partial charge in [-0.25, -0.2) is 9.50 Å². The smallest absolute Gasteiger partial charge is 0.210 e. The number of thioether (sulfide) groups is 1. The molecular weight excluding hydrogens is 408 g/mol. The molecule has 9 heteroatoms. The summed E-state index contributed by atoms with van der Waals surface area (Å²) in [7, 11) is 2.04. The van der Waals surface area contributed by atoms with Crippen LogP contribution in [0.15, 0.2) is 42.9 Å². The second-order valence-corrected chi connectivity index (χ2v) is 9.09. The molecule has 0 atom stereocenters. The number of rotatable bonds is 6. The predicted molar refractivity (Wildman–Crippen MR) is 127 cm³/mol. The van der Waals surface area contributed by atoms with Gasteiger partial charge < -0.3 is 10.6 Å². The first kappa shape index (κ1) is 21.5.